The summed E-state index contributed by atoms with van der Waals surface area (Å²) in [5, 5.41) is 0. The molecule has 2 saturated heterocycles. The van der Waals surface area contributed by atoms with Gasteiger partial charge in [-0.25, -0.2) is 0 Å². The van der Waals surface area contributed by atoms with Crippen LogP contribution in [0.1, 0.15) is 6.42 Å². The average Bonchev–Trinajstić information content (AvgIpc) is 2.12. The smallest absolute Gasteiger partial charge is 0.0813 e. The summed E-state index contributed by atoms with van der Waals surface area (Å²) in [7, 11) is 0. The maximum Gasteiger partial charge on any atom is 0.0813 e. The Balaban J connectivity index is 2.03. The Morgan fingerprint density at radius 3 is 2.88 bits per heavy atom. The van der Waals surface area contributed by atoms with Gasteiger partial charge in [-0.3, -0.25) is 0 Å². The summed E-state index contributed by atoms with van der Waals surface area (Å²) in [5.74, 6) is 0.716. The Hall–Kier alpha value is -0.0800. The molecule has 46 valence electrons. The van der Waals surface area contributed by atoms with E-state index in [2.05, 4.69) is 0 Å². The van der Waals surface area contributed by atoms with Crippen molar-refractivity contribution in [1.29, 1.82) is 0 Å². The summed E-state index contributed by atoms with van der Waals surface area (Å²) < 4.78 is 10.6. The van der Waals surface area contributed by atoms with Gasteiger partial charge in [0.15, 0.2) is 0 Å². The monoisotopic (exact) mass is 114 g/mol. The fourth-order valence-corrected chi connectivity index (χ4v) is 1.38. The van der Waals surface area contributed by atoms with E-state index in [1.54, 1.807) is 0 Å². The first-order chi connectivity index (χ1) is 3.95. The van der Waals surface area contributed by atoms with Crippen molar-refractivity contribution in [3.8, 4) is 0 Å². The molecule has 0 aromatic heterocycles. The summed E-state index contributed by atoms with van der Waals surface area (Å²) in [6.45, 7) is 2.69. The topological polar surface area (TPSA) is 18.5 Å². The third-order valence-corrected chi connectivity index (χ3v) is 1.82. The fraction of sp³-hybridized carbons (Fsp3) is 1.00. The highest BCUT2D eigenvalue weighted by Gasteiger charge is 2.29. The Kier molecular flexibility index (Phi) is 1.02. The lowest BCUT2D eigenvalue weighted by molar-refractivity contribution is 0.0200. The van der Waals surface area contributed by atoms with Gasteiger partial charge >= 0.3 is 0 Å². The summed E-state index contributed by atoms with van der Waals surface area (Å²) in [6, 6.07) is 0. The van der Waals surface area contributed by atoms with E-state index in [-0.39, 0.29) is 0 Å². The van der Waals surface area contributed by atoms with E-state index < -0.39 is 0 Å². The molecule has 0 aromatic rings. The van der Waals surface area contributed by atoms with Crippen LogP contribution in [0.4, 0.5) is 0 Å². The molecule has 2 aliphatic heterocycles. The summed E-state index contributed by atoms with van der Waals surface area (Å²) in [6.07, 6.45) is 1.67. The van der Waals surface area contributed by atoms with Crippen molar-refractivity contribution in [3.05, 3.63) is 0 Å². The average molecular weight is 114 g/mol. The van der Waals surface area contributed by atoms with Gasteiger partial charge in [0.25, 0.3) is 0 Å². The van der Waals surface area contributed by atoms with Crippen molar-refractivity contribution in [3.63, 3.8) is 0 Å². The van der Waals surface area contributed by atoms with Crippen LogP contribution in [0, 0.1) is 5.92 Å². The normalized spacial score (nSPS) is 45.0. The molecule has 8 heavy (non-hydrogen) atoms. The molecule has 0 amide bonds. The van der Waals surface area contributed by atoms with Crippen LogP contribution in [0.25, 0.3) is 0 Å². The Morgan fingerprint density at radius 2 is 2.12 bits per heavy atom. The van der Waals surface area contributed by atoms with E-state index in [1.165, 1.54) is 6.42 Å². The van der Waals surface area contributed by atoms with Gasteiger partial charge in [0.05, 0.1) is 25.9 Å². The van der Waals surface area contributed by atoms with Gasteiger partial charge in [0.2, 0.25) is 0 Å². The zero-order chi connectivity index (χ0) is 5.40. The number of fused-ring (bicyclic) bond motifs is 2. The zero-order valence-electron chi connectivity index (χ0n) is 4.80. The van der Waals surface area contributed by atoms with E-state index in [9.17, 15) is 0 Å². The van der Waals surface area contributed by atoms with Crippen LogP contribution in [0.5, 0.6) is 0 Å². The zero-order valence-corrected chi connectivity index (χ0v) is 4.80. The van der Waals surface area contributed by atoms with Gasteiger partial charge in [-0.1, -0.05) is 0 Å². The number of hydrogen-bond donors (Lipinski definition) is 0. The lowest BCUT2D eigenvalue weighted by Crippen LogP contribution is -2.21. The first-order valence-corrected chi connectivity index (χ1v) is 3.14. The largest absolute Gasteiger partial charge is 0.378 e. The molecule has 0 aliphatic carbocycles. The minimum atomic E-state index is 0.439. The Morgan fingerprint density at radius 1 is 1.12 bits per heavy atom. The highest BCUT2D eigenvalue weighted by molar-refractivity contribution is 4.76. The molecular formula is C6H10O2. The highest BCUT2D eigenvalue weighted by Crippen LogP contribution is 2.24. The van der Waals surface area contributed by atoms with E-state index in [1.807, 2.05) is 0 Å². The predicted octanol–water partition coefficient (Wildman–Crippen LogP) is 0.422. The van der Waals surface area contributed by atoms with Crippen LogP contribution in [-0.2, 0) is 9.47 Å². The molecule has 2 fully saturated rings. The molecule has 0 spiro atoms. The minimum Gasteiger partial charge on any atom is -0.378 e. The van der Waals surface area contributed by atoms with Crippen molar-refractivity contribution in [1.82, 2.24) is 0 Å². The molecule has 2 atom stereocenters. The number of ether oxygens (including phenoxy) is 2. The molecule has 2 unspecified atom stereocenters. The molecule has 0 aromatic carbocycles. The van der Waals surface area contributed by atoms with E-state index >= 15 is 0 Å². The van der Waals surface area contributed by atoms with E-state index in [0.29, 0.717) is 12.0 Å². The van der Waals surface area contributed by atoms with Crippen LogP contribution < -0.4 is 0 Å². The van der Waals surface area contributed by atoms with Crippen LogP contribution in [0.2, 0.25) is 0 Å². The van der Waals surface area contributed by atoms with E-state index in [4.69, 9.17) is 9.47 Å². The van der Waals surface area contributed by atoms with E-state index in [0.717, 1.165) is 19.8 Å². The quantitative estimate of drug-likeness (QED) is 0.454. The van der Waals surface area contributed by atoms with Crippen molar-refractivity contribution in [2.24, 2.45) is 5.92 Å². The molecule has 2 bridgehead atoms. The van der Waals surface area contributed by atoms with Crippen molar-refractivity contribution in [2.75, 3.05) is 19.8 Å². The maximum absolute atomic E-state index is 5.35. The Bertz CT molecular complexity index is 78.5. The predicted molar refractivity (Wildman–Crippen MR) is 28.7 cm³/mol. The maximum atomic E-state index is 5.35. The number of rotatable bonds is 0. The summed E-state index contributed by atoms with van der Waals surface area (Å²) in [4.78, 5) is 0. The second-order valence-electron chi connectivity index (χ2n) is 2.59. The summed E-state index contributed by atoms with van der Waals surface area (Å²) >= 11 is 0. The lowest BCUT2D eigenvalue weighted by atomic mass is 10.1. The first kappa shape index (κ1) is 4.77. The molecule has 2 nitrogen and oxygen atoms in total. The molecule has 0 N–H and O–H groups in total. The molecular weight excluding hydrogens is 104 g/mol. The highest BCUT2D eigenvalue weighted by atomic mass is 16.5. The molecule has 2 rings (SSSR count). The van der Waals surface area contributed by atoms with Crippen LogP contribution in [0.15, 0.2) is 0 Å². The van der Waals surface area contributed by atoms with Crippen molar-refractivity contribution >= 4 is 0 Å². The SMILES string of the molecule is C1OCC2CC1CO2. The molecule has 2 aliphatic rings. The second-order valence-corrected chi connectivity index (χ2v) is 2.59. The molecule has 2 heteroatoms. The van der Waals surface area contributed by atoms with Gasteiger partial charge in [-0.05, 0) is 6.42 Å². The lowest BCUT2D eigenvalue weighted by Gasteiger charge is -2.15. The van der Waals surface area contributed by atoms with Crippen LogP contribution >= 0.6 is 0 Å². The third-order valence-electron chi connectivity index (χ3n) is 1.82. The van der Waals surface area contributed by atoms with Crippen LogP contribution in [-0.4, -0.2) is 25.9 Å². The Labute approximate surface area is 48.8 Å². The fourth-order valence-electron chi connectivity index (χ4n) is 1.38. The van der Waals surface area contributed by atoms with Gasteiger partial charge in [0.1, 0.15) is 0 Å². The first-order valence-electron chi connectivity index (χ1n) is 3.14. The summed E-state index contributed by atoms with van der Waals surface area (Å²) in [5.41, 5.74) is 0. The minimum absolute atomic E-state index is 0.439. The third kappa shape index (κ3) is 0.644. The van der Waals surface area contributed by atoms with Gasteiger partial charge in [0, 0.05) is 5.92 Å². The second kappa shape index (κ2) is 1.71. The number of hydrogen-bond acceptors (Lipinski definition) is 2. The van der Waals surface area contributed by atoms with Gasteiger partial charge in [-0.15, -0.1) is 0 Å². The standard InChI is InChI=1S/C6H10O2/c1-5-2-7-4-6(1)8-3-5/h5-6H,1-4H2. The molecule has 2 heterocycles. The molecule has 0 radical (unpaired) electrons. The molecule has 0 saturated carbocycles. The van der Waals surface area contributed by atoms with Gasteiger partial charge in [-0.2, -0.15) is 0 Å². The van der Waals surface area contributed by atoms with Crippen LogP contribution in [0.3, 0.4) is 0 Å². The van der Waals surface area contributed by atoms with Crippen molar-refractivity contribution < 1.29 is 9.47 Å². The van der Waals surface area contributed by atoms with Crippen molar-refractivity contribution in [2.45, 2.75) is 12.5 Å². The van der Waals surface area contributed by atoms with Gasteiger partial charge < -0.3 is 9.47 Å².